The fourth-order valence-corrected chi connectivity index (χ4v) is 1.33. The number of carbonyl (C=O) groups excluding carboxylic acids is 1. The van der Waals surface area contributed by atoms with Crippen molar-refractivity contribution >= 4 is 5.78 Å². The van der Waals surface area contributed by atoms with Crippen molar-refractivity contribution in [1.82, 2.24) is 4.98 Å². The molecule has 3 nitrogen and oxygen atoms in total. The predicted octanol–water partition coefficient (Wildman–Crippen LogP) is 2.40. The van der Waals surface area contributed by atoms with Gasteiger partial charge in [-0.05, 0) is 18.6 Å². The molecule has 0 fully saturated rings. The Morgan fingerprint density at radius 1 is 1.38 bits per heavy atom. The molecular formula is C13H19NO2. The molecule has 0 saturated carbocycles. The van der Waals surface area contributed by atoms with E-state index in [1.807, 2.05) is 18.2 Å². The molecule has 0 amide bonds. The fourth-order valence-electron chi connectivity index (χ4n) is 1.33. The number of rotatable bonds is 8. The number of ketones is 1. The van der Waals surface area contributed by atoms with Crippen LogP contribution >= 0.6 is 0 Å². The molecule has 0 atom stereocenters. The second kappa shape index (κ2) is 7.99. The molecule has 0 aromatic carbocycles. The van der Waals surface area contributed by atoms with Crippen LogP contribution in [0.2, 0.25) is 0 Å². The Morgan fingerprint density at radius 3 is 2.94 bits per heavy atom. The van der Waals surface area contributed by atoms with Crippen molar-refractivity contribution in [2.75, 3.05) is 13.2 Å². The summed E-state index contributed by atoms with van der Waals surface area (Å²) in [6.45, 7) is 3.41. The number of nitrogens with zero attached hydrogens (tertiary/aromatic N) is 1. The largest absolute Gasteiger partial charge is 0.381 e. The molecule has 0 aliphatic carbocycles. The number of hydrogen-bond donors (Lipinski definition) is 0. The van der Waals surface area contributed by atoms with Gasteiger partial charge in [-0.2, -0.15) is 0 Å². The molecule has 1 rings (SSSR count). The molecule has 0 aliphatic rings. The molecule has 0 bridgehead atoms. The maximum Gasteiger partial charge on any atom is 0.141 e. The average molecular weight is 221 g/mol. The molecule has 0 spiro atoms. The van der Waals surface area contributed by atoms with Gasteiger partial charge in [0.1, 0.15) is 5.78 Å². The molecule has 0 aliphatic heterocycles. The quantitative estimate of drug-likeness (QED) is 0.633. The third-order valence-corrected chi connectivity index (χ3v) is 2.27. The summed E-state index contributed by atoms with van der Waals surface area (Å²) in [7, 11) is 0. The minimum Gasteiger partial charge on any atom is -0.381 e. The topological polar surface area (TPSA) is 39.2 Å². The van der Waals surface area contributed by atoms with E-state index in [-0.39, 0.29) is 5.78 Å². The van der Waals surface area contributed by atoms with Gasteiger partial charge in [0, 0.05) is 31.3 Å². The van der Waals surface area contributed by atoms with E-state index < -0.39 is 0 Å². The third-order valence-electron chi connectivity index (χ3n) is 2.27. The number of carbonyl (C=O) groups is 1. The third kappa shape index (κ3) is 5.61. The van der Waals surface area contributed by atoms with Crippen molar-refractivity contribution in [1.29, 1.82) is 0 Å². The van der Waals surface area contributed by atoms with E-state index in [9.17, 15) is 4.79 Å². The van der Waals surface area contributed by atoms with Crippen LogP contribution in [0.4, 0.5) is 0 Å². The van der Waals surface area contributed by atoms with Gasteiger partial charge < -0.3 is 4.74 Å². The van der Waals surface area contributed by atoms with Gasteiger partial charge in [0.25, 0.3) is 0 Å². The first-order valence-electron chi connectivity index (χ1n) is 5.82. The summed E-state index contributed by atoms with van der Waals surface area (Å²) >= 11 is 0. The van der Waals surface area contributed by atoms with E-state index in [0.717, 1.165) is 25.1 Å². The van der Waals surface area contributed by atoms with Crippen molar-refractivity contribution in [3.05, 3.63) is 30.1 Å². The zero-order chi connectivity index (χ0) is 11.6. The first kappa shape index (κ1) is 12.8. The fraction of sp³-hybridized carbons (Fsp3) is 0.538. The summed E-state index contributed by atoms with van der Waals surface area (Å²) in [6.07, 6.45) is 4.80. The number of pyridine rings is 1. The van der Waals surface area contributed by atoms with Crippen LogP contribution in [-0.4, -0.2) is 24.0 Å². The van der Waals surface area contributed by atoms with Crippen LogP contribution < -0.4 is 0 Å². The summed E-state index contributed by atoms with van der Waals surface area (Å²) in [4.78, 5) is 15.6. The molecule has 0 unspecified atom stereocenters. The zero-order valence-corrected chi connectivity index (χ0v) is 9.82. The highest BCUT2D eigenvalue weighted by atomic mass is 16.5. The Morgan fingerprint density at radius 2 is 2.25 bits per heavy atom. The molecule has 0 radical (unpaired) electrons. The van der Waals surface area contributed by atoms with Crippen LogP contribution in [0.3, 0.4) is 0 Å². The highest BCUT2D eigenvalue weighted by Gasteiger charge is 2.03. The minimum atomic E-state index is 0.190. The van der Waals surface area contributed by atoms with Gasteiger partial charge in [-0.25, -0.2) is 0 Å². The van der Waals surface area contributed by atoms with Crippen molar-refractivity contribution in [2.24, 2.45) is 0 Å². The minimum absolute atomic E-state index is 0.190. The van der Waals surface area contributed by atoms with E-state index in [0.29, 0.717) is 19.4 Å². The van der Waals surface area contributed by atoms with Gasteiger partial charge in [0.05, 0.1) is 6.61 Å². The summed E-state index contributed by atoms with van der Waals surface area (Å²) in [5.41, 5.74) is 0.834. The van der Waals surface area contributed by atoms with Crippen LogP contribution in [-0.2, 0) is 16.0 Å². The van der Waals surface area contributed by atoms with Gasteiger partial charge >= 0.3 is 0 Å². The monoisotopic (exact) mass is 221 g/mol. The molecular weight excluding hydrogens is 202 g/mol. The SMILES string of the molecule is CCCCOCCC(=O)Cc1ccccn1. The Labute approximate surface area is 96.8 Å². The molecule has 1 heterocycles. The summed E-state index contributed by atoms with van der Waals surface area (Å²) < 4.78 is 5.34. The van der Waals surface area contributed by atoms with E-state index in [1.165, 1.54) is 0 Å². The van der Waals surface area contributed by atoms with Crippen molar-refractivity contribution in [3.8, 4) is 0 Å². The number of Topliss-reactive ketones (excluding diaryl/α,β-unsaturated/α-hetero) is 1. The first-order chi connectivity index (χ1) is 7.83. The Balaban J connectivity index is 2.12. The molecule has 1 aromatic rings. The molecule has 88 valence electrons. The number of ether oxygens (including phenoxy) is 1. The smallest absolute Gasteiger partial charge is 0.141 e. The lowest BCUT2D eigenvalue weighted by Crippen LogP contribution is -2.08. The highest BCUT2D eigenvalue weighted by molar-refractivity contribution is 5.80. The second-order valence-electron chi connectivity index (χ2n) is 3.75. The van der Waals surface area contributed by atoms with Crippen LogP contribution in [0.25, 0.3) is 0 Å². The maximum absolute atomic E-state index is 11.5. The lowest BCUT2D eigenvalue weighted by molar-refractivity contribution is -0.119. The summed E-state index contributed by atoms with van der Waals surface area (Å²) in [6, 6.07) is 5.62. The lowest BCUT2D eigenvalue weighted by atomic mass is 10.1. The number of unbranched alkanes of at least 4 members (excludes halogenated alkanes) is 1. The van der Waals surface area contributed by atoms with Crippen LogP contribution in [0.5, 0.6) is 0 Å². The van der Waals surface area contributed by atoms with E-state index in [1.54, 1.807) is 6.20 Å². The van der Waals surface area contributed by atoms with Crippen molar-refractivity contribution < 1.29 is 9.53 Å². The standard InChI is InChI=1S/C13H19NO2/c1-2-3-9-16-10-7-13(15)11-12-6-4-5-8-14-12/h4-6,8H,2-3,7,9-11H2,1H3. The predicted molar refractivity (Wildman–Crippen MR) is 63.3 cm³/mol. The average Bonchev–Trinajstić information content (AvgIpc) is 2.30. The Hall–Kier alpha value is -1.22. The van der Waals surface area contributed by atoms with E-state index >= 15 is 0 Å². The summed E-state index contributed by atoms with van der Waals surface area (Å²) in [5, 5.41) is 0. The highest BCUT2D eigenvalue weighted by Crippen LogP contribution is 1.98. The zero-order valence-electron chi connectivity index (χ0n) is 9.82. The molecule has 0 N–H and O–H groups in total. The second-order valence-corrected chi connectivity index (χ2v) is 3.75. The Bertz CT molecular complexity index is 298. The molecule has 16 heavy (non-hydrogen) atoms. The van der Waals surface area contributed by atoms with Crippen molar-refractivity contribution in [3.63, 3.8) is 0 Å². The van der Waals surface area contributed by atoms with Gasteiger partial charge in [-0.3, -0.25) is 9.78 Å². The summed E-state index contributed by atoms with van der Waals surface area (Å²) in [5.74, 6) is 0.190. The lowest BCUT2D eigenvalue weighted by Gasteiger charge is -2.02. The van der Waals surface area contributed by atoms with Crippen LogP contribution in [0.15, 0.2) is 24.4 Å². The van der Waals surface area contributed by atoms with E-state index in [4.69, 9.17) is 4.74 Å². The maximum atomic E-state index is 11.5. The van der Waals surface area contributed by atoms with Gasteiger partial charge in [-0.1, -0.05) is 19.4 Å². The van der Waals surface area contributed by atoms with Gasteiger partial charge in [0.15, 0.2) is 0 Å². The Kier molecular flexibility index (Phi) is 6.42. The van der Waals surface area contributed by atoms with Crippen LogP contribution in [0.1, 0.15) is 31.9 Å². The number of hydrogen-bond acceptors (Lipinski definition) is 3. The molecule has 1 aromatic heterocycles. The molecule has 3 heteroatoms. The number of aromatic nitrogens is 1. The van der Waals surface area contributed by atoms with Crippen molar-refractivity contribution in [2.45, 2.75) is 32.6 Å². The molecule has 0 saturated heterocycles. The normalized spacial score (nSPS) is 10.3. The first-order valence-corrected chi connectivity index (χ1v) is 5.82. The van der Waals surface area contributed by atoms with Crippen LogP contribution in [0, 0.1) is 0 Å². The van der Waals surface area contributed by atoms with Gasteiger partial charge in [-0.15, -0.1) is 0 Å². The van der Waals surface area contributed by atoms with Gasteiger partial charge in [0.2, 0.25) is 0 Å². The van der Waals surface area contributed by atoms with E-state index in [2.05, 4.69) is 11.9 Å².